The minimum Gasteiger partial charge on any atom is -0.478 e. The van der Waals surface area contributed by atoms with Crippen LogP contribution in [0.25, 0.3) is 28.6 Å². The zero-order valence-electron chi connectivity index (χ0n) is 38.5. The molecule has 65 heavy (non-hydrogen) atoms. The Morgan fingerprint density at radius 1 is 0.662 bits per heavy atom. The van der Waals surface area contributed by atoms with E-state index >= 15 is 0 Å². The molecule has 0 amide bonds. The molecule has 17 nitrogen and oxygen atoms in total. The second-order valence-corrected chi connectivity index (χ2v) is 16.4. The molecular weight excluding hydrogens is 861 g/mol. The number of H-pyrrole nitrogens is 1. The van der Waals surface area contributed by atoms with E-state index in [1.54, 1.807) is 13.2 Å². The van der Waals surface area contributed by atoms with Crippen molar-refractivity contribution in [1.29, 1.82) is 0 Å². The number of aliphatic hydroxyl groups excluding tert-OH is 1. The van der Waals surface area contributed by atoms with Crippen molar-refractivity contribution in [2.75, 3.05) is 126 Å². The number of methoxy groups -OCH3 is 1. The van der Waals surface area contributed by atoms with Crippen LogP contribution in [0.15, 0.2) is 35.1 Å². The molecule has 0 unspecified atom stereocenters. The Morgan fingerprint density at radius 2 is 1.08 bits per heavy atom. The van der Waals surface area contributed by atoms with Crippen molar-refractivity contribution >= 4 is 35.4 Å². The number of imidazole rings is 1. The molecule has 0 aliphatic heterocycles. The average molecular weight is 935 g/mol. The number of nitrogens with one attached hydrogen (secondary N) is 1. The molecule has 366 valence electrons. The molecule has 2 fully saturated rings. The molecule has 0 spiro atoms. The van der Waals surface area contributed by atoms with Gasteiger partial charge in [-0.25, -0.2) is 9.78 Å². The van der Waals surface area contributed by atoms with Gasteiger partial charge in [0.25, 0.3) is 5.56 Å². The average Bonchev–Trinajstić information content (AvgIpc) is 3.78. The SMILES string of the molecule is COCCOCCOCCOCCOCCOCCOCCOCCOCCO.O=C(O)/C=C/c1ccc(-c2nc3c([nH]2)c(=O)n(CC2CCCCC2)c(=S)n3CC2CCCCC2)cc1. The third-order valence-electron chi connectivity index (χ3n) is 11.1. The molecule has 2 saturated carbocycles. The van der Waals surface area contributed by atoms with E-state index in [0.717, 1.165) is 36.6 Å². The molecule has 3 aromatic rings. The Bertz CT molecular complexity index is 1830. The number of benzene rings is 1. The smallest absolute Gasteiger partial charge is 0.328 e. The lowest BCUT2D eigenvalue weighted by Gasteiger charge is -2.25. The summed E-state index contributed by atoms with van der Waals surface area (Å²) >= 11 is 5.95. The molecule has 0 saturated heterocycles. The number of hydrogen-bond donors (Lipinski definition) is 3. The standard InChI is InChI=1S/C28H34N4O3S.C19H40O10/c33-23(34)16-13-19-11-14-22(15-12-19)25-29-24-26(30-25)31(17-20-7-3-1-4-8-20)28(36)32(27(24)35)18-21-9-5-2-6-10-21;1-21-4-5-23-8-9-25-12-13-27-16-17-29-19-18-28-15-14-26-11-10-24-7-6-22-3-2-20/h11-16,20-21H,1-10,17-18H2,(H,29,30)(H,33,34);20H,2-19H2,1H3/b16-13+;. The van der Waals surface area contributed by atoms with Gasteiger partial charge in [0, 0.05) is 31.8 Å². The van der Waals surface area contributed by atoms with E-state index in [9.17, 15) is 9.59 Å². The van der Waals surface area contributed by atoms with Crippen molar-refractivity contribution < 1.29 is 57.6 Å². The van der Waals surface area contributed by atoms with Crippen molar-refractivity contribution in [1.82, 2.24) is 19.1 Å². The highest BCUT2D eigenvalue weighted by Crippen LogP contribution is 2.29. The van der Waals surface area contributed by atoms with Gasteiger partial charge in [-0.15, -0.1) is 0 Å². The third kappa shape index (κ3) is 21.8. The normalized spacial score (nSPS) is 14.9. The summed E-state index contributed by atoms with van der Waals surface area (Å²) in [6.07, 6.45) is 14.9. The first-order valence-electron chi connectivity index (χ1n) is 23.4. The number of carboxylic acid groups (broad SMARTS) is 1. The number of hydrogen-bond acceptors (Lipinski definition) is 14. The Labute approximate surface area is 388 Å². The molecule has 1 aromatic carbocycles. The Hall–Kier alpha value is -3.40. The quantitative estimate of drug-likeness (QED) is 0.0369. The molecule has 5 rings (SSSR count). The lowest BCUT2D eigenvalue weighted by molar-refractivity contribution is -0.131. The summed E-state index contributed by atoms with van der Waals surface area (Å²) in [6, 6.07) is 7.47. The van der Waals surface area contributed by atoms with E-state index in [4.69, 9.17) is 70.0 Å². The van der Waals surface area contributed by atoms with Gasteiger partial charge >= 0.3 is 5.97 Å². The Balaban J connectivity index is 0.000000293. The lowest BCUT2D eigenvalue weighted by atomic mass is 9.89. The summed E-state index contributed by atoms with van der Waals surface area (Å²) in [5, 5.41) is 17.4. The number of aromatic nitrogens is 4. The molecule has 0 radical (unpaired) electrons. The molecule has 18 heteroatoms. The number of aliphatic hydroxyl groups is 1. The first kappa shape index (κ1) is 54.2. The van der Waals surface area contributed by atoms with Crippen LogP contribution < -0.4 is 5.56 Å². The van der Waals surface area contributed by atoms with Gasteiger partial charge in [0.05, 0.1) is 119 Å². The fraction of sp³-hybridized carbons (Fsp3) is 0.702. The Morgan fingerprint density at radius 3 is 1.49 bits per heavy atom. The topological polar surface area (TPSA) is 196 Å². The van der Waals surface area contributed by atoms with Gasteiger partial charge in [0.1, 0.15) is 11.3 Å². The van der Waals surface area contributed by atoms with Crippen LogP contribution in [-0.4, -0.2) is 161 Å². The minimum absolute atomic E-state index is 0.0322. The molecular formula is C47H74N4O13S. The van der Waals surface area contributed by atoms with Gasteiger partial charge in [0.15, 0.2) is 10.4 Å². The maximum atomic E-state index is 13.7. The monoisotopic (exact) mass is 934 g/mol. The summed E-state index contributed by atoms with van der Waals surface area (Å²) in [4.78, 5) is 32.7. The van der Waals surface area contributed by atoms with E-state index in [-0.39, 0.29) is 12.2 Å². The van der Waals surface area contributed by atoms with E-state index in [2.05, 4.69) is 9.55 Å². The van der Waals surface area contributed by atoms with Gasteiger partial charge in [-0.1, -0.05) is 62.8 Å². The Kier molecular flexibility index (Phi) is 28.3. The van der Waals surface area contributed by atoms with Crippen molar-refractivity contribution in [2.45, 2.75) is 77.3 Å². The van der Waals surface area contributed by atoms with Crippen LogP contribution >= 0.6 is 12.2 Å². The van der Waals surface area contributed by atoms with Crippen LogP contribution in [0.3, 0.4) is 0 Å². The van der Waals surface area contributed by atoms with Crippen LogP contribution in [0.5, 0.6) is 0 Å². The molecule has 0 bridgehead atoms. The van der Waals surface area contributed by atoms with Crippen LogP contribution in [0.4, 0.5) is 0 Å². The van der Waals surface area contributed by atoms with Crippen molar-refractivity contribution in [3.63, 3.8) is 0 Å². The minimum atomic E-state index is -0.983. The highest BCUT2D eigenvalue weighted by Gasteiger charge is 2.23. The van der Waals surface area contributed by atoms with Gasteiger partial charge in [0.2, 0.25) is 0 Å². The molecule has 3 N–H and O–H groups in total. The predicted octanol–water partition coefficient (Wildman–Crippen LogP) is 5.94. The molecule has 2 aliphatic rings. The summed E-state index contributed by atoms with van der Waals surface area (Å²) < 4.78 is 51.9. The molecule has 2 heterocycles. The first-order chi connectivity index (χ1) is 31.9. The second kappa shape index (κ2) is 34.0. The van der Waals surface area contributed by atoms with Gasteiger partial charge in [-0.2, -0.15) is 0 Å². The van der Waals surface area contributed by atoms with Gasteiger partial charge in [-0.3, -0.25) is 9.36 Å². The van der Waals surface area contributed by atoms with E-state index in [1.807, 2.05) is 28.8 Å². The second-order valence-electron chi connectivity index (χ2n) is 16.0. The summed E-state index contributed by atoms with van der Waals surface area (Å²) in [7, 11) is 1.64. The number of fused-ring (bicyclic) bond motifs is 1. The maximum Gasteiger partial charge on any atom is 0.328 e. The fourth-order valence-corrected chi connectivity index (χ4v) is 7.97. The zero-order chi connectivity index (χ0) is 46.2. The number of carboxylic acids is 1. The molecule has 2 aromatic heterocycles. The van der Waals surface area contributed by atoms with Gasteiger partial charge < -0.3 is 62.4 Å². The molecule has 0 atom stereocenters. The molecule has 2 aliphatic carbocycles. The van der Waals surface area contributed by atoms with Crippen molar-refractivity contribution in [2.24, 2.45) is 11.8 Å². The third-order valence-corrected chi connectivity index (χ3v) is 11.5. The van der Waals surface area contributed by atoms with Crippen LogP contribution in [0.2, 0.25) is 0 Å². The number of aromatic amines is 1. The zero-order valence-corrected chi connectivity index (χ0v) is 39.3. The number of ether oxygens (including phenoxy) is 9. The van der Waals surface area contributed by atoms with Crippen molar-refractivity contribution in [3.05, 3.63) is 51.0 Å². The first-order valence-corrected chi connectivity index (χ1v) is 23.8. The van der Waals surface area contributed by atoms with Crippen molar-refractivity contribution in [3.8, 4) is 11.4 Å². The predicted molar refractivity (Wildman–Crippen MR) is 250 cm³/mol. The lowest BCUT2D eigenvalue weighted by Crippen LogP contribution is -2.30. The van der Waals surface area contributed by atoms with Gasteiger partial charge in [-0.05, 0) is 61.4 Å². The summed E-state index contributed by atoms with van der Waals surface area (Å²) in [5.74, 6) is 0.684. The highest BCUT2D eigenvalue weighted by atomic mass is 32.1. The summed E-state index contributed by atoms with van der Waals surface area (Å²) in [6.45, 7) is 10.4. The van der Waals surface area contributed by atoms with Crippen LogP contribution in [-0.2, 0) is 60.5 Å². The van der Waals surface area contributed by atoms with Crippen LogP contribution in [0.1, 0.15) is 69.8 Å². The van der Waals surface area contributed by atoms with E-state index < -0.39 is 5.97 Å². The van der Waals surface area contributed by atoms with Crippen LogP contribution in [0, 0.1) is 16.6 Å². The number of aliphatic carboxylic acids is 1. The largest absolute Gasteiger partial charge is 0.478 e. The number of nitrogens with zero attached hydrogens (tertiary/aromatic N) is 3. The highest BCUT2D eigenvalue weighted by molar-refractivity contribution is 7.71. The van der Waals surface area contributed by atoms with E-state index in [1.165, 1.54) is 51.4 Å². The number of carbonyl (C=O) groups is 1. The summed E-state index contributed by atoms with van der Waals surface area (Å²) in [5.41, 5.74) is 2.69. The maximum absolute atomic E-state index is 13.7. The fourth-order valence-electron chi connectivity index (χ4n) is 7.65. The van der Waals surface area contributed by atoms with E-state index in [0.29, 0.717) is 152 Å². The number of rotatable bonds is 33.